The maximum Gasteiger partial charge on any atom is 0.393 e. The summed E-state index contributed by atoms with van der Waals surface area (Å²) >= 11 is 0. The fourth-order valence-electron chi connectivity index (χ4n) is 2.05. The molecule has 0 aliphatic carbocycles. The Kier molecular flexibility index (Phi) is 7.62. The molecule has 1 atom stereocenters. The first-order valence-electron chi connectivity index (χ1n) is 5.94. The summed E-state index contributed by atoms with van der Waals surface area (Å²) in [5, 5.41) is 2.91. The van der Waals surface area contributed by atoms with Gasteiger partial charge in [0.2, 0.25) is 5.91 Å². The number of carbonyl (C=O) groups is 1. The maximum atomic E-state index is 12.5. The molecule has 1 heterocycles. The average Bonchev–Trinajstić information content (AvgIpc) is 2.28. The van der Waals surface area contributed by atoms with E-state index < -0.39 is 12.1 Å². The van der Waals surface area contributed by atoms with E-state index in [1.165, 1.54) is 4.90 Å². The molecule has 1 amide bonds. The van der Waals surface area contributed by atoms with Crippen molar-refractivity contribution in [2.75, 3.05) is 26.7 Å². The van der Waals surface area contributed by atoms with Crippen LogP contribution >= 0.6 is 12.4 Å². The molecule has 0 radical (unpaired) electrons. The molecule has 1 unspecified atom stereocenters. The highest BCUT2D eigenvalue weighted by atomic mass is 35.5. The third kappa shape index (κ3) is 5.44. The van der Waals surface area contributed by atoms with Gasteiger partial charge < -0.3 is 10.2 Å². The zero-order valence-electron chi connectivity index (χ0n) is 10.4. The third-order valence-corrected chi connectivity index (χ3v) is 3.05. The smallest absolute Gasteiger partial charge is 0.342 e. The van der Waals surface area contributed by atoms with E-state index in [1.807, 2.05) is 0 Å². The Hall–Kier alpha value is -0.490. The van der Waals surface area contributed by atoms with Crippen LogP contribution in [-0.2, 0) is 4.79 Å². The predicted octanol–water partition coefficient (Wildman–Crippen LogP) is 2.21. The first-order valence-corrected chi connectivity index (χ1v) is 5.94. The van der Waals surface area contributed by atoms with Gasteiger partial charge in [-0.3, -0.25) is 4.79 Å². The fraction of sp³-hybridized carbons (Fsp3) is 0.909. The van der Waals surface area contributed by atoms with Crippen molar-refractivity contribution < 1.29 is 18.0 Å². The monoisotopic (exact) mass is 288 g/mol. The van der Waals surface area contributed by atoms with E-state index in [4.69, 9.17) is 0 Å². The van der Waals surface area contributed by atoms with Crippen LogP contribution in [0.4, 0.5) is 13.2 Å². The van der Waals surface area contributed by atoms with Gasteiger partial charge >= 0.3 is 6.18 Å². The molecule has 1 saturated heterocycles. The van der Waals surface area contributed by atoms with Crippen molar-refractivity contribution in [2.45, 2.75) is 31.9 Å². The normalized spacial score (nSPS) is 20.4. The summed E-state index contributed by atoms with van der Waals surface area (Å²) in [5.74, 6) is -1.50. The predicted molar refractivity (Wildman–Crippen MR) is 65.8 cm³/mol. The van der Waals surface area contributed by atoms with Crippen molar-refractivity contribution in [2.24, 2.45) is 5.92 Å². The third-order valence-electron chi connectivity index (χ3n) is 3.05. The van der Waals surface area contributed by atoms with Crippen molar-refractivity contribution in [1.82, 2.24) is 10.2 Å². The van der Waals surface area contributed by atoms with Crippen molar-refractivity contribution in [3.63, 3.8) is 0 Å². The first-order chi connectivity index (χ1) is 7.95. The van der Waals surface area contributed by atoms with Crippen molar-refractivity contribution in [1.29, 1.82) is 0 Å². The minimum atomic E-state index is -4.18. The minimum absolute atomic E-state index is 0. The molecule has 1 fully saturated rings. The van der Waals surface area contributed by atoms with Crippen molar-refractivity contribution >= 4 is 18.3 Å². The van der Waals surface area contributed by atoms with Crippen LogP contribution < -0.4 is 5.32 Å². The van der Waals surface area contributed by atoms with Crippen LogP contribution in [0, 0.1) is 5.92 Å². The number of amides is 1. The molecule has 0 bridgehead atoms. The van der Waals surface area contributed by atoms with Crippen LogP contribution in [0.1, 0.15) is 25.7 Å². The number of rotatable bonds is 4. The van der Waals surface area contributed by atoms with Crippen LogP contribution in [0.3, 0.4) is 0 Å². The molecular weight excluding hydrogens is 269 g/mol. The summed E-state index contributed by atoms with van der Waals surface area (Å²) in [7, 11) is 1.78. The Bertz CT molecular complexity index is 261. The van der Waals surface area contributed by atoms with Gasteiger partial charge in [0.25, 0.3) is 0 Å². The van der Waals surface area contributed by atoms with Gasteiger partial charge in [0.15, 0.2) is 0 Å². The largest absolute Gasteiger partial charge is 0.393 e. The lowest BCUT2D eigenvalue weighted by Crippen LogP contribution is -2.44. The van der Waals surface area contributed by atoms with E-state index in [1.54, 1.807) is 7.05 Å². The average molecular weight is 289 g/mol. The van der Waals surface area contributed by atoms with Crippen LogP contribution in [-0.4, -0.2) is 43.7 Å². The van der Waals surface area contributed by atoms with Crippen molar-refractivity contribution in [3.8, 4) is 0 Å². The highest BCUT2D eigenvalue weighted by molar-refractivity contribution is 5.85. The van der Waals surface area contributed by atoms with Gasteiger partial charge in [0, 0.05) is 19.5 Å². The van der Waals surface area contributed by atoms with Gasteiger partial charge in [-0.05, 0) is 32.9 Å². The van der Waals surface area contributed by atoms with E-state index in [0.717, 1.165) is 0 Å². The molecule has 0 aromatic rings. The van der Waals surface area contributed by atoms with Gasteiger partial charge in [0.05, 0.1) is 5.92 Å². The molecule has 108 valence electrons. The van der Waals surface area contributed by atoms with Crippen LogP contribution in [0.2, 0.25) is 0 Å². The number of hydrogen-bond donors (Lipinski definition) is 1. The van der Waals surface area contributed by atoms with Gasteiger partial charge in [-0.2, -0.15) is 13.2 Å². The molecule has 0 saturated carbocycles. The van der Waals surface area contributed by atoms with Gasteiger partial charge in [-0.25, -0.2) is 0 Å². The van der Waals surface area contributed by atoms with Crippen molar-refractivity contribution in [3.05, 3.63) is 0 Å². The van der Waals surface area contributed by atoms with Crippen LogP contribution in [0.5, 0.6) is 0 Å². The number of nitrogens with one attached hydrogen (secondary N) is 1. The van der Waals surface area contributed by atoms with Gasteiger partial charge in [-0.1, -0.05) is 0 Å². The Labute approximate surface area is 112 Å². The molecule has 1 N–H and O–H groups in total. The number of carbonyl (C=O) groups excluding carboxylic acids is 1. The second-order valence-electron chi connectivity index (χ2n) is 4.43. The molecule has 7 heteroatoms. The Balaban J connectivity index is 0.00000289. The molecular formula is C11H20ClF3N2O. The second kappa shape index (κ2) is 7.84. The van der Waals surface area contributed by atoms with E-state index in [0.29, 0.717) is 32.4 Å². The Morgan fingerprint density at radius 3 is 2.67 bits per heavy atom. The number of alkyl halides is 3. The molecule has 0 aromatic carbocycles. The molecule has 1 aliphatic heterocycles. The SMILES string of the molecule is CNCCCC(=O)N1CCCC(C(F)(F)F)C1.Cl. The molecule has 0 spiro atoms. The number of hydrogen-bond acceptors (Lipinski definition) is 2. The first kappa shape index (κ1) is 17.5. The lowest BCUT2D eigenvalue weighted by atomic mass is 9.97. The molecule has 3 nitrogen and oxygen atoms in total. The highest BCUT2D eigenvalue weighted by Gasteiger charge is 2.42. The van der Waals surface area contributed by atoms with Crippen LogP contribution in [0.15, 0.2) is 0 Å². The summed E-state index contributed by atoms with van der Waals surface area (Å²) < 4.78 is 37.6. The highest BCUT2D eigenvalue weighted by Crippen LogP contribution is 2.33. The van der Waals surface area contributed by atoms with E-state index >= 15 is 0 Å². The zero-order chi connectivity index (χ0) is 12.9. The van der Waals surface area contributed by atoms with Gasteiger partial charge in [-0.15, -0.1) is 12.4 Å². The number of halogens is 4. The van der Waals surface area contributed by atoms with E-state index in [-0.39, 0.29) is 31.3 Å². The summed E-state index contributed by atoms with van der Waals surface area (Å²) in [6.45, 7) is 1.01. The Morgan fingerprint density at radius 2 is 2.11 bits per heavy atom. The summed E-state index contributed by atoms with van der Waals surface area (Å²) in [4.78, 5) is 13.0. The quantitative estimate of drug-likeness (QED) is 0.805. The summed E-state index contributed by atoms with van der Waals surface area (Å²) in [6.07, 6.45) is -2.59. The molecule has 0 aromatic heterocycles. The maximum absolute atomic E-state index is 12.5. The number of piperidine rings is 1. The zero-order valence-corrected chi connectivity index (χ0v) is 11.2. The number of likely N-dealkylation sites (tertiary alicyclic amines) is 1. The molecule has 18 heavy (non-hydrogen) atoms. The fourth-order valence-corrected chi connectivity index (χ4v) is 2.05. The summed E-state index contributed by atoms with van der Waals surface area (Å²) in [5.41, 5.74) is 0. The van der Waals surface area contributed by atoms with E-state index in [2.05, 4.69) is 5.32 Å². The Morgan fingerprint density at radius 1 is 1.44 bits per heavy atom. The molecule has 1 rings (SSSR count). The van der Waals surface area contributed by atoms with E-state index in [9.17, 15) is 18.0 Å². The minimum Gasteiger partial charge on any atom is -0.342 e. The number of nitrogens with zero attached hydrogens (tertiary/aromatic N) is 1. The van der Waals surface area contributed by atoms with Gasteiger partial charge in [0.1, 0.15) is 0 Å². The lowest BCUT2D eigenvalue weighted by Gasteiger charge is -2.33. The standard InChI is InChI=1S/C11H19F3N2O.ClH/c1-15-6-2-5-10(17)16-7-3-4-9(8-16)11(12,13)14;/h9,15H,2-8H2,1H3;1H. The second-order valence-corrected chi connectivity index (χ2v) is 4.43. The molecule has 1 aliphatic rings. The van der Waals surface area contributed by atoms with Crippen LogP contribution in [0.25, 0.3) is 0 Å². The lowest BCUT2D eigenvalue weighted by molar-refractivity contribution is -0.188. The topological polar surface area (TPSA) is 32.3 Å². The summed E-state index contributed by atoms with van der Waals surface area (Å²) in [6, 6.07) is 0.